The van der Waals surface area contributed by atoms with Crippen LogP contribution in [0.5, 0.6) is 0 Å². The van der Waals surface area contributed by atoms with E-state index in [1.165, 1.54) is 0 Å². The molecule has 0 saturated carbocycles. The van der Waals surface area contributed by atoms with Gasteiger partial charge in [-0.25, -0.2) is 4.98 Å². The lowest BCUT2D eigenvalue weighted by atomic mass is 10.1. The van der Waals surface area contributed by atoms with E-state index in [0.717, 1.165) is 27.1 Å². The minimum absolute atomic E-state index is 0.0315. The molecule has 4 heteroatoms. The number of aromatic nitrogens is 2. The largest absolute Gasteiger partial charge is 0.324 e. The number of halogens is 1. The maximum absolute atomic E-state index is 5.89. The lowest BCUT2D eigenvalue weighted by molar-refractivity contribution is 0.812. The summed E-state index contributed by atoms with van der Waals surface area (Å²) in [4.78, 5) is 4.30. The lowest BCUT2D eigenvalue weighted by Gasteiger charge is -2.11. The molecule has 90 valence electrons. The Morgan fingerprint density at radius 3 is 2.53 bits per heavy atom. The van der Waals surface area contributed by atoms with Crippen molar-refractivity contribution in [2.45, 2.75) is 26.8 Å². The van der Waals surface area contributed by atoms with Crippen LogP contribution < -0.4 is 5.73 Å². The fraction of sp³-hybridized carbons (Fsp3) is 0.308. The van der Waals surface area contributed by atoms with E-state index in [1.54, 1.807) is 0 Å². The van der Waals surface area contributed by atoms with Gasteiger partial charge in [0.25, 0.3) is 0 Å². The summed E-state index contributed by atoms with van der Waals surface area (Å²) in [5.41, 5.74) is 10.3. The molecule has 0 aliphatic rings. The van der Waals surface area contributed by atoms with Crippen LogP contribution in [0.1, 0.15) is 29.9 Å². The van der Waals surface area contributed by atoms with E-state index in [1.807, 2.05) is 20.2 Å². The van der Waals surface area contributed by atoms with E-state index in [4.69, 9.17) is 5.73 Å². The quantitative estimate of drug-likeness (QED) is 0.923. The van der Waals surface area contributed by atoms with Gasteiger partial charge < -0.3 is 10.3 Å². The third-order valence-corrected chi connectivity index (χ3v) is 3.69. The van der Waals surface area contributed by atoms with Crippen LogP contribution >= 0.6 is 15.9 Å². The van der Waals surface area contributed by atoms with Gasteiger partial charge in [-0.1, -0.05) is 22.0 Å². The second-order valence-electron chi connectivity index (χ2n) is 4.28. The number of rotatable bonds is 2. The topological polar surface area (TPSA) is 43.8 Å². The first-order chi connectivity index (χ1) is 8.00. The Morgan fingerprint density at radius 1 is 1.35 bits per heavy atom. The highest BCUT2D eigenvalue weighted by atomic mass is 79.9. The van der Waals surface area contributed by atoms with Gasteiger partial charge in [0.1, 0.15) is 0 Å². The molecule has 17 heavy (non-hydrogen) atoms. The van der Waals surface area contributed by atoms with Crippen LogP contribution in [-0.4, -0.2) is 9.55 Å². The summed E-state index contributed by atoms with van der Waals surface area (Å²) >= 11 is 3.56. The zero-order chi connectivity index (χ0) is 12.6. The maximum Gasteiger partial charge on any atom is 0.0997 e. The first-order valence-electron chi connectivity index (χ1n) is 5.56. The minimum atomic E-state index is 0.0315. The number of hydrogen-bond donors (Lipinski definition) is 1. The Kier molecular flexibility index (Phi) is 3.35. The van der Waals surface area contributed by atoms with E-state index in [-0.39, 0.29) is 6.04 Å². The van der Waals surface area contributed by atoms with Gasteiger partial charge in [0.2, 0.25) is 0 Å². The molecule has 0 unspecified atom stereocenters. The van der Waals surface area contributed by atoms with Gasteiger partial charge in [-0.3, -0.25) is 0 Å². The molecule has 3 nitrogen and oxygen atoms in total. The highest BCUT2D eigenvalue weighted by Gasteiger charge is 2.08. The van der Waals surface area contributed by atoms with Crippen LogP contribution in [0, 0.1) is 13.8 Å². The van der Waals surface area contributed by atoms with Gasteiger partial charge in [-0.15, -0.1) is 0 Å². The van der Waals surface area contributed by atoms with Gasteiger partial charge in [-0.05, 0) is 38.5 Å². The summed E-state index contributed by atoms with van der Waals surface area (Å²) in [7, 11) is 0. The Morgan fingerprint density at radius 2 is 2.06 bits per heavy atom. The fourth-order valence-corrected chi connectivity index (χ4v) is 2.52. The van der Waals surface area contributed by atoms with Crippen LogP contribution in [-0.2, 0) is 0 Å². The summed E-state index contributed by atoms with van der Waals surface area (Å²) < 4.78 is 3.11. The Hall–Kier alpha value is -1.13. The standard InChI is InChI=1S/C13H16BrN3/c1-8(15)12-5-4-11(6-13(12)14)17-7-16-9(2)10(17)3/h4-8H,15H2,1-3H3/t8-/m1/s1. The molecular formula is C13H16BrN3. The third kappa shape index (κ3) is 2.28. The van der Waals surface area contributed by atoms with Crippen molar-refractivity contribution in [1.29, 1.82) is 0 Å². The molecule has 0 fully saturated rings. The smallest absolute Gasteiger partial charge is 0.0997 e. The van der Waals surface area contributed by atoms with Crippen LogP contribution in [0.4, 0.5) is 0 Å². The van der Waals surface area contributed by atoms with Gasteiger partial charge in [0.05, 0.1) is 12.0 Å². The zero-order valence-electron chi connectivity index (χ0n) is 10.2. The van der Waals surface area contributed by atoms with Crippen molar-refractivity contribution in [2.75, 3.05) is 0 Å². The van der Waals surface area contributed by atoms with Crippen molar-refractivity contribution in [1.82, 2.24) is 9.55 Å². The van der Waals surface area contributed by atoms with Crippen LogP contribution in [0.25, 0.3) is 5.69 Å². The van der Waals surface area contributed by atoms with Gasteiger partial charge >= 0.3 is 0 Å². The Balaban J connectivity index is 2.48. The average Bonchev–Trinajstić information content (AvgIpc) is 2.59. The minimum Gasteiger partial charge on any atom is -0.324 e. The molecule has 0 aliphatic carbocycles. The van der Waals surface area contributed by atoms with Crippen molar-refractivity contribution in [3.8, 4) is 5.69 Å². The van der Waals surface area contributed by atoms with Crippen molar-refractivity contribution < 1.29 is 0 Å². The molecule has 0 bridgehead atoms. The molecule has 0 amide bonds. The molecular weight excluding hydrogens is 278 g/mol. The highest BCUT2D eigenvalue weighted by molar-refractivity contribution is 9.10. The second-order valence-corrected chi connectivity index (χ2v) is 5.13. The van der Waals surface area contributed by atoms with E-state index >= 15 is 0 Å². The van der Waals surface area contributed by atoms with Crippen LogP contribution in [0.3, 0.4) is 0 Å². The normalized spacial score (nSPS) is 12.8. The number of nitrogens with two attached hydrogens (primary N) is 1. The molecule has 1 aromatic carbocycles. The number of aryl methyl sites for hydroxylation is 1. The number of benzene rings is 1. The van der Waals surface area contributed by atoms with Crippen molar-refractivity contribution in [3.05, 3.63) is 46.0 Å². The van der Waals surface area contributed by atoms with E-state index in [9.17, 15) is 0 Å². The van der Waals surface area contributed by atoms with Crippen LogP contribution in [0.2, 0.25) is 0 Å². The number of hydrogen-bond acceptors (Lipinski definition) is 2. The molecule has 2 N–H and O–H groups in total. The number of imidazole rings is 1. The van der Waals surface area contributed by atoms with E-state index < -0.39 is 0 Å². The highest BCUT2D eigenvalue weighted by Crippen LogP contribution is 2.25. The molecule has 1 aromatic heterocycles. The summed E-state index contributed by atoms with van der Waals surface area (Å²) in [6.45, 7) is 6.05. The maximum atomic E-state index is 5.89. The third-order valence-electron chi connectivity index (χ3n) is 3.00. The van der Waals surface area contributed by atoms with Crippen molar-refractivity contribution in [2.24, 2.45) is 5.73 Å². The lowest BCUT2D eigenvalue weighted by Crippen LogP contribution is -2.06. The number of nitrogens with zero attached hydrogens (tertiary/aromatic N) is 2. The second kappa shape index (κ2) is 4.63. The monoisotopic (exact) mass is 293 g/mol. The zero-order valence-corrected chi connectivity index (χ0v) is 11.8. The molecule has 2 aromatic rings. The summed E-state index contributed by atoms with van der Waals surface area (Å²) in [5.74, 6) is 0. The van der Waals surface area contributed by atoms with Crippen molar-refractivity contribution in [3.63, 3.8) is 0 Å². The molecule has 0 aliphatic heterocycles. The van der Waals surface area contributed by atoms with Crippen molar-refractivity contribution >= 4 is 15.9 Å². The fourth-order valence-electron chi connectivity index (χ4n) is 1.79. The predicted molar refractivity (Wildman–Crippen MR) is 73.3 cm³/mol. The summed E-state index contributed by atoms with van der Waals surface area (Å²) in [5, 5.41) is 0. The molecule has 0 spiro atoms. The first-order valence-corrected chi connectivity index (χ1v) is 6.36. The SMILES string of the molecule is Cc1ncn(-c2ccc([C@@H](C)N)c(Br)c2)c1C. The Bertz CT molecular complexity index is 544. The molecule has 0 saturated heterocycles. The van der Waals surface area contributed by atoms with Gasteiger partial charge in [0.15, 0.2) is 0 Å². The van der Waals surface area contributed by atoms with Crippen LogP contribution in [0.15, 0.2) is 29.0 Å². The van der Waals surface area contributed by atoms with E-state index in [2.05, 4.69) is 50.6 Å². The van der Waals surface area contributed by atoms with E-state index in [0.29, 0.717) is 0 Å². The summed E-state index contributed by atoms with van der Waals surface area (Å²) in [6, 6.07) is 6.23. The summed E-state index contributed by atoms with van der Waals surface area (Å²) in [6.07, 6.45) is 1.85. The van der Waals surface area contributed by atoms with Gasteiger partial charge in [-0.2, -0.15) is 0 Å². The molecule has 0 radical (unpaired) electrons. The van der Waals surface area contributed by atoms with Gasteiger partial charge in [0, 0.05) is 21.9 Å². The first kappa shape index (κ1) is 12.3. The molecule has 1 atom stereocenters. The Labute approximate surface area is 110 Å². The molecule has 1 heterocycles. The average molecular weight is 294 g/mol. The predicted octanol–water partition coefficient (Wildman–Crippen LogP) is 3.27. The molecule has 2 rings (SSSR count).